The number of benzene rings is 1. The number of fused-ring (bicyclic) bond motifs is 1. The highest BCUT2D eigenvalue weighted by atomic mass is 35.5. The fraction of sp³-hybridized carbons (Fsp3) is 0.0556. The van der Waals surface area contributed by atoms with Crippen LogP contribution in [0.4, 0.5) is 23.1 Å². The van der Waals surface area contributed by atoms with Crippen LogP contribution >= 0.6 is 11.6 Å². The van der Waals surface area contributed by atoms with Gasteiger partial charge >= 0.3 is 0 Å². The summed E-state index contributed by atoms with van der Waals surface area (Å²) in [6.07, 6.45) is 4.78. The molecule has 0 aliphatic carbocycles. The number of nitrogens with one attached hydrogen (secondary N) is 3. The molecule has 0 saturated heterocycles. The van der Waals surface area contributed by atoms with Crippen LogP contribution in [-0.4, -0.2) is 43.8 Å². The average Bonchev–Trinajstić information content (AvgIpc) is 3.17. The van der Waals surface area contributed by atoms with Crippen LogP contribution in [-0.2, 0) is 4.79 Å². The third kappa shape index (κ3) is 5.08. The molecular weight excluding hydrogens is 398 g/mol. The van der Waals surface area contributed by atoms with E-state index in [-0.39, 0.29) is 6.47 Å². The predicted molar refractivity (Wildman–Crippen MR) is 109 cm³/mol. The molecule has 0 bridgehead atoms. The summed E-state index contributed by atoms with van der Waals surface area (Å²) in [7, 11) is 1.61. The van der Waals surface area contributed by atoms with Crippen LogP contribution in [0.5, 0.6) is 5.75 Å². The Hall–Kier alpha value is -3.92. The second-order valence-electron chi connectivity index (χ2n) is 5.52. The highest BCUT2D eigenvalue weighted by Gasteiger charge is 2.09. The number of halogens is 1. The van der Waals surface area contributed by atoms with Gasteiger partial charge in [-0.2, -0.15) is 5.10 Å². The normalized spacial score (nSPS) is 10.0. The van der Waals surface area contributed by atoms with Gasteiger partial charge in [0, 0.05) is 23.7 Å². The minimum Gasteiger partial charge on any atom is -0.494 e. The number of pyridine rings is 1. The SMILES string of the molecule is COc1cc2[nH]ncc2cc1Nc1cc(Nc2ccc(Cl)cn2)ncn1.O=CO. The number of hydrogen-bond acceptors (Lipinski definition) is 8. The Morgan fingerprint density at radius 2 is 1.83 bits per heavy atom. The van der Waals surface area contributed by atoms with Gasteiger partial charge in [0.1, 0.15) is 29.5 Å². The number of H-pyrrole nitrogens is 1. The first-order valence-corrected chi connectivity index (χ1v) is 8.57. The van der Waals surface area contributed by atoms with Gasteiger partial charge in [0.05, 0.1) is 29.5 Å². The van der Waals surface area contributed by atoms with E-state index in [2.05, 4.69) is 35.8 Å². The van der Waals surface area contributed by atoms with Gasteiger partial charge in [-0.05, 0) is 18.2 Å². The van der Waals surface area contributed by atoms with Crippen LogP contribution in [0.25, 0.3) is 10.9 Å². The minimum atomic E-state index is -0.250. The molecule has 148 valence electrons. The quantitative estimate of drug-likeness (QED) is 0.361. The van der Waals surface area contributed by atoms with Crippen LogP contribution in [0.15, 0.2) is 49.1 Å². The number of hydrogen-bond donors (Lipinski definition) is 4. The van der Waals surface area contributed by atoms with E-state index >= 15 is 0 Å². The van der Waals surface area contributed by atoms with Gasteiger partial charge in [-0.3, -0.25) is 9.89 Å². The number of nitrogens with zero attached hydrogens (tertiary/aromatic N) is 4. The Morgan fingerprint density at radius 1 is 1.07 bits per heavy atom. The Bertz CT molecular complexity index is 1100. The van der Waals surface area contributed by atoms with Crippen LogP contribution in [0, 0.1) is 0 Å². The first-order chi connectivity index (χ1) is 14.1. The zero-order chi connectivity index (χ0) is 20.6. The van der Waals surface area contributed by atoms with Crippen molar-refractivity contribution in [3.05, 3.63) is 54.1 Å². The topological polar surface area (TPSA) is 138 Å². The first kappa shape index (κ1) is 19.8. The highest BCUT2D eigenvalue weighted by molar-refractivity contribution is 6.30. The van der Waals surface area contributed by atoms with E-state index in [1.54, 1.807) is 37.7 Å². The summed E-state index contributed by atoms with van der Waals surface area (Å²) in [6, 6.07) is 9.11. The van der Waals surface area contributed by atoms with Crippen molar-refractivity contribution in [2.45, 2.75) is 0 Å². The van der Waals surface area contributed by atoms with Gasteiger partial charge in [0.2, 0.25) is 0 Å². The van der Waals surface area contributed by atoms with Crippen LogP contribution in [0.2, 0.25) is 5.02 Å². The second-order valence-corrected chi connectivity index (χ2v) is 5.95. The molecule has 0 saturated carbocycles. The van der Waals surface area contributed by atoms with Crippen molar-refractivity contribution in [1.82, 2.24) is 25.1 Å². The van der Waals surface area contributed by atoms with Crippen molar-refractivity contribution in [3.8, 4) is 5.75 Å². The molecule has 11 heteroatoms. The van der Waals surface area contributed by atoms with E-state index in [1.165, 1.54) is 6.33 Å². The molecule has 4 rings (SSSR count). The largest absolute Gasteiger partial charge is 0.494 e. The van der Waals surface area contributed by atoms with Crippen molar-refractivity contribution in [2.75, 3.05) is 17.7 Å². The smallest absolute Gasteiger partial charge is 0.290 e. The molecule has 0 spiro atoms. The fourth-order valence-corrected chi connectivity index (χ4v) is 2.56. The molecule has 0 unspecified atom stereocenters. The van der Waals surface area contributed by atoms with Gasteiger partial charge in [0.15, 0.2) is 0 Å². The summed E-state index contributed by atoms with van der Waals surface area (Å²) >= 11 is 5.85. The summed E-state index contributed by atoms with van der Waals surface area (Å²) in [5.74, 6) is 2.52. The van der Waals surface area contributed by atoms with E-state index in [0.717, 1.165) is 16.6 Å². The van der Waals surface area contributed by atoms with Crippen molar-refractivity contribution >= 4 is 52.1 Å². The summed E-state index contributed by atoms with van der Waals surface area (Å²) in [4.78, 5) is 21.0. The number of rotatable bonds is 5. The van der Waals surface area contributed by atoms with E-state index in [9.17, 15) is 0 Å². The molecule has 0 atom stereocenters. The van der Waals surface area contributed by atoms with Gasteiger partial charge in [-0.25, -0.2) is 15.0 Å². The van der Waals surface area contributed by atoms with E-state index in [0.29, 0.717) is 28.2 Å². The molecule has 0 fully saturated rings. The number of ether oxygens (including phenoxy) is 1. The summed E-state index contributed by atoms with van der Waals surface area (Å²) in [6.45, 7) is -0.250. The lowest BCUT2D eigenvalue weighted by Crippen LogP contribution is -2.00. The average molecular weight is 414 g/mol. The van der Waals surface area contributed by atoms with Gasteiger partial charge in [0.25, 0.3) is 6.47 Å². The third-order valence-electron chi connectivity index (χ3n) is 3.67. The van der Waals surface area contributed by atoms with Crippen molar-refractivity contribution in [3.63, 3.8) is 0 Å². The monoisotopic (exact) mass is 413 g/mol. The molecule has 29 heavy (non-hydrogen) atoms. The van der Waals surface area contributed by atoms with Gasteiger partial charge < -0.3 is 20.5 Å². The summed E-state index contributed by atoms with van der Waals surface area (Å²) in [5.41, 5.74) is 1.67. The molecule has 0 radical (unpaired) electrons. The maximum absolute atomic E-state index is 8.36. The lowest BCUT2D eigenvalue weighted by atomic mass is 10.2. The Labute approximate surface area is 169 Å². The molecule has 3 aromatic heterocycles. The third-order valence-corrected chi connectivity index (χ3v) is 3.90. The van der Waals surface area contributed by atoms with Crippen molar-refractivity contribution < 1.29 is 14.6 Å². The van der Waals surface area contributed by atoms with Crippen LogP contribution < -0.4 is 15.4 Å². The number of aromatic nitrogens is 5. The van der Waals surface area contributed by atoms with E-state index < -0.39 is 0 Å². The molecule has 3 heterocycles. The zero-order valence-corrected chi connectivity index (χ0v) is 15.9. The van der Waals surface area contributed by atoms with Crippen molar-refractivity contribution in [2.24, 2.45) is 0 Å². The number of carbonyl (C=O) groups is 1. The summed E-state index contributed by atoms with van der Waals surface area (Å²) in [5, 5.41) is 21.7. The number of aromatic amines is 1. The Morgan fingerprint density at radius 3 is 2.52 bits per heavy atom. The molecular formula is C18H16ClN7O3. The lowest BCUT2D eigenvalue weighted by molar-refractivity contribution is -0.122. The highest BCUT2D eigenvalue weighted by Crippen LogP contribution is 2.31. The molecule has 10 nitrogen and oxygen atoms in total. The van der Waals surface area contributed by atoms with Crippen LogP contribution in [0.1, 0.15) is 0 Å². The lowest BCUT2D eigenvalue weighted by Gasteiger charge is -2.12. The van der Waals surface area contributed by atoms with Gasteiger partial charge in [-0.15, -0.1) is 0 Å². The maximum Gasteiger partial charge on any atom is 0.290 e. The minimum absolute atomic E-state index is 0.250. The first-order valence-electron chi connectivity index (χ1n) is 8.19. The number of anilines is 4. The molecule has 0 amide bonds. The molecule has 4 aromatic rings. The molecule has 4 N–H and O–H groups in total. The molecule has 0 aliphatic rings. The molecule has 1 aromatic carbocycles. The number of carboxylic acid groups (broad SMARTS) is 1. The van der Waals surface area contributed by atoms with Gasteiger partial charge in [-0.1, -0.05) is 11.6 Å². The Kier molecular flexibility index (Phi) is 6.38. The second kappa shape index (κ2) is 9.33. The predicted octanol–water partition coefficient (Wildman–Crippen LogP) is 3.60. The van der Waals surface area contributed by atoms with E-state index in [1.807, 2.05) is 12.1 Å². The molecule has 0 aliphatic heterocycles. The van der Waals surface area contributed by atoms with E-state index in [4.69, 9.17) is 26.2 Å². The number of methoxy groups -OCH3 is 1. The Balaban J connectivity index is 0.000000755. The standard InChI is InChI=1S/C17H14ClN7O.CH2O2/c1-26-14-5-12-10(7-22-25-12)4-13(14)23-16-6-17(21-9-20-16)24-15-3-2-11(18)8-19-15;2-1-3/h2-9H,1H3,(H,22,25)(H2,19,20,21,23,24);1H,(H,2,3). The maximum atomic E-state index is 8.36. The van der Waals surface area contributed by atoms with Crippen LogP contribution in [0.3, 0.4) is 0 Å². The van der Waals surface area contributed by atoms with Crippen molar-refractivity contribution in [1.29, 1.82) is 0 Å². The fourth-order valence-electron chi connectivity index (χ4n) is 2.45. The zero-order valence-electron chi connectivity index (χ0n) is 15.1. The summed E-state index contributed by atoms with van der Waals surface area (Å²) < 4.78 is 5.44.